The molecule has 0 aliphatic carbocycles. The molecule has 0 saturated heterocycles. The predicted molar refractivity (Wildman–Crippen MR) is 81.6 cm³/mol. The topological polar surface area (TPSA) is 21.1 Å². The van der Waals surface area contributed by atoms with Crippen LogP contribution in [0.25, 0.3) is 11.0 Å². The summed E-state index contributed by atoms with van der Waals surface area (Å²) in [6.45, 7) is 6.07. The number of halogens is 2. The van der Waals surface area contributed by atoms with Crippen LogP contribution >= 0.6 is 11.6 Å². The first-order chi connectivity index (χ1) is 9.34. The lowest BCUT2D eigenvalue weighted by Gasteiger charge is -2.29. The molecule has 1 heterocycles. The Hall–Kier alpha value is -1.13. The fourth-order valence-electron chi connectivity index (χ4n) is 2.77. The van der Waals surface area contributed by atoms with Gasteiger partial charge in [-0.2, -0.15) is 0 Å². The van der Waals surface area contributed by atoms with Crippen molar-refractivity contribution in [2.75, 3.05) is 20.6 Å². The van der Waals surface area contributed by atoms with Crippen LogP contribution in [0.2, 0.25) is 0 Å². The summed E-state index contributed by atoms with van der Waals surface area (Å²) in [7, 11) is 4.10. The molecule has 2 aromatic rings. The predicted octanol–water partition coefficient (Wildman–Crippen LogP) is 3.50. The highest BCUT2D eigenvalue weighted by Gasteiger charge is 2.23. The zero-order chi connectivity index (χ0) is 14.9. The minimum Gasteiger partial charge on any atom is -0.326 e. The van der Waals surface area contributed by atoms with Crippen LogP contribution in [0.1, 0.15) is 19.7 Å². The van der Waals surface area contributed by atoms with Gasteiger partial charge in [0.15, 0.2) is 5.82 Å². The van der Waals surface area contributed by atoms with Crippen molar-refractivity contribution >= 4 is 22.6 Å². The number of rotatable bonds is 5. The van der Waals surface area contributed by atoms with Crippen molar-refractivity contribution in [2.45, 2.75) is 26.3 Å². The van der Waals surface area contributed by atoms with Gasteiger partial charge >= 0.3 is 0 Å². The van der Waals surface area contributed by atoms with Crippen molar-refractivity contribution in [3.8, 4) is 0 Å². The monoisotopic (exact) mass is 297 g/mol. The lowest BCUT2D eigenvalue weighted by molar-refractivity contribution is 0.212. The van der Waals surface area contributed by atoms with Crippen molar-refractivity contribution in [1.82, 2.24) is 14.5 Å². The van der Waals surface area contributed by atoms with E-state index in [0.717, 1.165) is 24.4 Å². The lowest BCUT2D eigenvalue weighted by atomic mass is 9.92. The SMILES string of the molecule is CN(C)CC(C)(C)Cn1c(CCl)nc2c(F)cccc21. The smallest absolute Gasteiger partial charge is 0.151 e. The number of imidazole rings is 1. The molecule has 0 amide bonds. The Bertz CT molecular complexity index is 604. The quantitative estimate of drug-likeness (QED) is 0.788. The van der Waals surface area contributed by atoms with E-state index in [2.05, 4.69) is 37.8 Å². The molecule has 0 fully saturated rings. The summed E-state index contributed by atoms with van der Waals surface area (Å²) in [5.41, 5.74) is 1.26. The van der Waals surface area contributed by atoms with Gasteiger partial charge in [0.2, 0.25) is 0 Å². The molecule has 0 radical (unpaired) electrons. The van der Waals surface area contributed by atoms with E-state index in [4.69, 9.17) is 11.6 Å². The van der Waals surface area contributed by atoms with Crippen LogP contribution in [0.3, 0.4) is 0 Å². The lowest BCUT2D eigenvalue weighted by Crippen LogP contribution is -2.32. The zero-order valence-electron chi connectivity index (χ0n) is 12.5. The molecular formula is C15H21ClFN3. The van der Waals surface area contributed by atoms with Gasteiger partial charge in [0.05, 0.1) is 11.4 Å². The number of hydrogen-bond acceptors (Lipinski definition) is 2. The van der Waals surface area contributed by atoms with Crippen molar-refractivity contribution in [2.24, 2.45) is 5.41 Å². The van der Waals surface area contributed by atoms with E-state index < -0.39 is 0 Å². The number of nitrogens with zero attached hydrogens (tertiary/aromatic N) is 3. The van der Waals surface area contributed by atoms with Gasteiger partial charge in [-0.15, -0.1) is 11.6 Å². The number of fused-ring (bicyclic) bond motifs is 1. The molecular weight excluding hydrogens is 277 g/mol. The first kappa shape index (κ1) is 15.3. The van der Waals surface area contributed by atoms with E-state index in [9.17, 15) is 4.39 Å². The third kappa shape index (κ3) is 3.13. The summed E-state index contributed by atoms with van der Waals surface area (Å²) < 4.78 is 15.9. The van der Waals surface area contributed by atoms with Gasteiger partial charge in [0, 0.05) is 13.1 Å². The van der Waals surface area contributed by atoms with Gasteiger partial charge in [0.1, 0.15) is 11.3 Å². The van der Waals surface area contributed by atoms with Crippen molar-refractivity contribution in [1.29, 1.82) is 0 Å². The molecule has 20 heavy (non-hydrogen) atoms. The third-order valence-electron chi connectivity index (χ3n) is 3.26. The fourth-order valence-corrected chi connectivity index (χ4v) is 2.98. The second kappa shape index (κ2) is 5.70. The summed E-state index contributed by atoms with van der Waals surface area (Å²) in [6.07, 6.45) is 0. The van der Waals surface area contributed by atoms with E-state index in [-0.39, 0.29) is 17.1 Å². The van der Waals surface area contributed by atoms with Crippen LogP contribution in [-0.2, 0) is 12.4 Å². The molecule has 0 N–H and O–H groups in total. The molecule has 0 bridgehead atoms. The van der Waals surface area contributed by atoms with E-state index in [1.165, 1.54) is 6.07 Å². The van der Waals surface area contributed by atoms with E-state index in [1.54, 1.807) is 6.07 Å². The van der Waals surface area contributed by atoms with Crippen LogP contribution in [0.15, 0.2) is 18.2 Å². The highest BCUT2D eigenvalue weighted by molar-refractivity contribution is 6.16. The minimum atomic E-state index is -0.293. The normalized spacial score (nSPS) is 12.6. The average molecular weight is 298 g/mol. The Morgan fingerprint density at radius 1 is 1.35 bits per heavy atom. The Kier molecular flexibility index (Phi) is 4.35. The molecule has 5 heteroatoms. The number of para-hydroxylation sites is 1. The third-order valence-corrected chi connectivity index (χ3v) is 3.50. The van der Waals surface area contributed by atoms with E-state index in [1.807, 2.05) is 10.6 Å². The Morgan fingerprint density at radius 3 is 2.65 bits per heavy atom. The number of hydrogen-bond donors (Lipinski definition) is 0. The summed E-state index contributed by atoms with van der Waals surface area (Å²) in [5.74, 6) is 0.711. The highest BCUT2D eigenvalue weighted by Crippen LogP contribution is 2.26. The summed E-state index contributed by atoms with van der Waals surface area (Å²) in [5, 5.41) is 0. The average Bonchev–Trinajstić information content (AvgIpc) is 2.67. The zero-order valence-corrected chi connectivity index (χ0v) is 13.2. The maximum Gasteiger partial charge on any atom is 0.151 e. The molecule has 0 saturated carbocycles. The fraction of sp³-hybridized carbons (Fsp3) is 0.533. The molecule has 1 aromatic heterocycles. The van der Waals surface area contributed by atoms with E-state index in [0.29, 0.717) is 5.52 Å². The molecule has 1 aromatic carbocycles. The summed E-state index contributed by atoms with van der Waals surface area (Å²) in [6, 6.07) is 5.04. The standard InChI is InChI=1S/C15H21ClFN3/c1-15(2,9-19(3)4)10-20-12-7-5-6-11(17)14(12)18-13(20)8-16/h5-7H,8-10H2,1-4H3. The van der Waals surface area contributed by atoms with Crippen LogP contribution in [-0.4, -0.2) is 35.1 Å². The van der Waals surface area contributed by atoms with Crippen molar-refractivity contribution in [3.63, 3.8) is 0 Å². The molecule has 0 aliphatic rings. The number of benzene rings is 1. The van der Waals surface area contributed by atoms with Gasteiger partial charge in [-0.1, -0.05) is 19.9 Å². The largest absolute Gasteiger partial charge is 0.326 e. The molecule has 0 atom stereocenters. The molecule has 0 unspecified atom stereocenters. The summed E-state index contributed by atoms with van der Waals surface area (Å²) in [4.78, 5) is 6.49. The molecule has 0 aliphatic heterocycles. The van der Waals surface area contributed by atoms with Crippen LogP contribution in [0, 0.1) is 11.2 Å². The Labute approximate surface area is 124 Å². The molecule has 3 nitrogen and oxygen atoms in total. The molecule has 0 spiro atoms. The van der Waals surface area contributed by atoms with Gasteiger partial charge in [-0.05, 0) is 31.6 Å². The maximum atomic E-state index is 13.8. The second-order valence-corrected chi connectivity index (χ2v) is 6.52. The highest BCUT2D eigenvalue weighted by atomic mass is 35.5. The maximum absolute atomic E-state index is 13.8. The van der Waals surface area contributed by atoms with Gasteiger partial charge in [-0.3, -0.25) is 0 Å². The second-order valence-electron chi connectivity index (χ2n) is 6.26. The van der Waals surface area contributed by atoms with Gasteiger partial charge in [0.25, 0.3) is 0 Å². The Balaban J connectivity index is 2.45. The number of alkyl halides is 1. The first-order valence-electron chi connectivity index (χ1n) is 6.68. The Morgan fingerprint density at radius 2 is 2.05 bits per heavy atom. The van der Waals surface area contributed by atoms with Crippen LogP contribution in [0.5, 0.6) is 0 Å². The van der Waals surface area contributed by atoms with Crippen molar-refractivity contribution < 1.29 is 4.39 Å². The van der Waals surface area contributed by atoms with Crippen molar-refractivity contribution in [3.05, 3.63) is 29.8 Å². The number of aromatic nitrogens is 2. The van der Waals surface area contributed by atoms with Gasteiger partial charge in [-0.25, -0.2) is 9.37 Å². The molecule has 110 valence electrons. The minimum absolute atomic E-state index is 0.0459. The van der Waals surface area contributed by atoms with Crippen LogP contribution in [0.4, 0.5) is 4.39 Å². The molecule has 2 rings (SSSR count). The van der Waals surface area contributed by atoms with E-state index >= 15 is 0 Å². The van der Waals surface area contributed by atoms with Crippen LogP contribution < -0.4 is 0 Å². The first-order valence-corrected chi connectivity index (χ1v) is 7.22. The van der Waals surface area contributed by atoms with Gasteiger partial charge < -0.3 is 9.47 Å². The summed E-state index contributed by atoms with van der Waals surface area (Å²) >= 11 is 5.97.